The van der Waals surface area contributed by atoms with Gasteiger partial charge >= 0.3 is 6.03 Å². The normalized spacial score (nSPS) is 20.2. The molecule has 0 radical (unpaired) electrons. The van der Waals surface area contributed by atoms with Crippen LogP contribution in [0.25, 0.3) is 0 Å². The van der Waals surface area contributed by atoms with Crippen LogP contribution in [-0.4, -0.2) is 33.2 Å². The standard InChI is InChI=1S/C12H20N4O2/c1-8-13-10(18-15-8)9-6-5-7-16(9)11(17)14-12(2,3)4/h9H,5-7H2,1-4H3,(H,14,17). The summed E-state index contributed by atoms with van der Waals surface area (Å²) < 4.78 is 5.18. The van der Waals surface area contributed by atoms with Crippen LogP contribution in [0.15, 0.2) is 4.52 Å². The fourth-order valence-corrected chi connectivity index (χ4v) is 2.11. The molecule has 0 aromatic carbocycles. The first-order valence-corrected chi connectivity index (χ1v) is 6.26. The summed E-state index contributed by atoms with van der Waals surface area (Å²) in [5.41, 5.74) is -0.241. The highest BCUT2D eigenvalue weighted by Gasteiger charge is 2.34. The Morgan fingerprint density at radius 1 is 1.50 bits per heavy atom. The number of hydrogen-bond donors (Lipinski definition) is 1. The molecule has 1 unspecified atom stereocenters. The highest BCUT2D eigenvalue weighted by Crippen LogP contribution is 2.30. The summed E-state index contributed by atoms with van der Waals surface area (Å²) in [5.74, 6) is 1.14. The summed E-state index contributed by atoms with van der Waals surface area (Å²) in [6.45, 7) is 8.40. The van der Waals surface area contributed by atoms with E-state index in [4.69, 9.17) is 4.52 Å². The van der Waals surface area contributed by atoms with Crippen molar-refractivity contribution in [1.29, 1.82) is 0 Å². The van der Waals surface area contributed by atoms with Crippen LogP contribution >= 0.6 is 0 Å². The minimum absolute atomic E-state index is 0.0687. The van der Waals surface area contributed by atoms with Gasteiger partial charge in [0.05, 0.1) is 0 Å². The number of nitrogens with zero attached hydrogens (tertiary/aromatic N) is 3. The number of likely N-dealkylation sites (tertiary alicyclic amines) is 1. The first-order valence-electron chi connectivity index (χ1n) is 6.26. The molecule has 100 valence electrons. The summed E-state index contributed by atoms with van der Waals surface area (Å²) in [6.07, 6.45) is 1.84. The number of carbonyl (C=O) groups excluding carboxylic acids is 1. The van der Waals surface area contributed by atoms with Crippen molar-refractivity contribution in [3.8, 4) is 0 Å². The Morgan fingerprint density at radius 3 is 2.78 bits per heavy atom. The minimum Gasteiger partial charge on any atom is -0.337 e. The maximum atomic E-state index is 12.2. The molecule has 1 atom stereocenters. The molecule has 18 heavy (non-hydrogen) atoms. The van der Waals surface area contributed by atoms with Crippen molar-refractivity contribution in [2.45, 2.75) is 52.1 Å². The first kappa shape index (κ1) is 12.9. The Hall–Kier alpha value is -1.59. The third kappa shape index (κ3) is 2.80. The summed E-state index contributed by atoms with van der Waals surface area (Å²) in [4.78, 5) is 18.2. The molecule has 2 rings (SSSR count). The molecule has 2 amide bonds. The van der Waals surface area contributed by atoms with Gasteiger partial charge in [-0.2, -0.15) is 4.98 Å². The van der Waals surface area contributed by atoms with Gasteiger partial charge in [-0.3, -0.25) is 0 Å². The van der Waals surface area contributed by atoms with Gasteiger partial charge in [-0.25, -0.2) is 4.79 Å². The largest absolute Gasteiger partial charge is 0.337 e. The van der Waals surface area contributed by atoms with Gasteiger partial charge in [0.25, 0.3) is 0 Å². The average molecular weight is 252 g/mol. The number of amides is 2. The monoisotopic (exact) mass is 252 g/mol. The molecule has 2 heterocycles. The van der Waals surface area contributed by atoms with E-state index in [0.29, 0.717) is 11.7 Å². The highest BCUT2D eigenvalue weighted by molar-refractivity contribution is 5.75. The van der Waals surface area contributed by atoms with E-state index in [1.807, 2.05) is 20.8 Å². The van der Waals surface area contributed by atoms with Gasteiger partial charge in [0.2, 0.25) is 5.89 Å². The summed E-state index contributed by atoms with van der Waals surface area (Å²) in [6, 6.07) is -0.158. The number of nitrogens with one attached hydrogen (secondary N) is 1. The molecule has 1 saturated heterocycles. The maximum absolute atomic E-state index is 12.2. The van der Waals surface area contributed by atoms with E-state index in [9.17, 15) is 4.79 Å². The zero-order valence-corrected chi connectivity index (χ0v) is 11.4. The van der Waals surface area contributed by atoms with E-state index in [1.165, 1.54) is 0 Å². The molecule has 1 fully saturated rings. The molecular formula is C12H20N4O2. The summed E-state index contributed by atoms with van der Waals surface area (Å²) in [5, 5.41) is 6.75. The molecule has 6 heteroatoms. The molecule has 0 saturated carbocycles. The Balaban J connectivity index is 2.10. The molecule has 6 nitrogen and oxygen atoms in total. The van der Waals surface area contributed by atoms with Crippen molar-refractivity contribution in [3.05, 3.63) is 11.7 Å². The molecule has 0 aliphatic carbocycles. The fraction of sp³-hybridized carbons (Fsp3) is 0.750. The number of urea groups is 1. The van der Waals surface area contributed by atoms with Crippen LogP contribution in [0.5, 0.6) is 0 Å². The third-order valence-corrected chi connectivity index (χ3v) is 2.82. The molecule has 1 aliphatic rings. The Morgan fingerprint density at radius 2 is 2.22 bits per heavy atom. The fourth-order valence-electron chi connectivity index (χ4n) is 2.11. The molecule has 1 aromatic heterocycles. The van der Waals surface area contributed by atoms with Crippen molar-refractivity contribution in [2.24, 2.45) is 0 Å². The zero-order valence-electron chi connectivity index (χ0n) is 11.4. The number of rotatable bonds is 1. The molecule has 1 aromatic rings. The smallest absolute Gasteiger partial charge is 0.318 e. The lowest BCUT2D eigenvalue weighted by Gasteiger charge is -2.28. The quantitative estimate of drug-likeness (QED) is 0.830. The highest BCUT2D eigenvalue weighted by atomic mass is 16.5. The third-order valence-electron chi connectivity index (χ3n) is 2.82. The second-order valence-corrected chi connectivity index (χ2v) is 5.71. The number of hydrogen-bond acceptors (Lipinski definition) is 4. The second kappa shape index (κ2) is 4.59. The van der Waals surface area contributed by atoms with Crippen LogP contribution in [0.3, 0.4) is 0 Å². The number of aromatic nitrogens is 2. The summed E-state index contributed by atoms with van der Waals surface area (Å²) in [7, 11) is 0. The molecule has 1 aliphatic heterocycles. The number of aryl methyl sites for hydroxylation is 1. The van der Waals surface area contributed by atoms with Crippen LogP contribution in [-0.2, 0) is 0 Å². The number of carbonyl (C=O) groups is 1. The predicted molar refractivity (Wildman–Crippen MR) is 66.0 cm³/mol. The van der Waals surface area contributed by atoms with Gasteiger partial charge in [0, 0.05) is 12.1 Å². The Bertz CT molecular complexity index is 436. The SMILES string of the molecule is Cc1noc(C2CCCN2C(=O)NC(C)(C)C)n1. The van der Waals surface area contributed by atoms with E-state index in [0.717, 1.165) is 19.4 Å². The molecule has 0 bridgehead atoms. The lowest BCUT2D eigenvalue weighted by atomic mass is 10.1. The van der Waals surface area contributed by atoms with Crippen LogP contribution in [0.1, 0.15) is 51.4 Å². The van der Waals surface area contributed by atoms with Gasteiger partial charge in [-0.05, 0) is 40.5 Å². The van der Waals surface area contributed by atoms with Crippen LogP contribution in [0.4, 0.5) is 4.79 Å². The van der Waals surface area contributed by atoms with E-state index < -0.39 is 0 Å². The van der Waals surface area contributed by atoms with Crippen molar-refractivity contribution >= 4 is 6.03 Å². The molecular weight excluding hydrogens is 232 g/mol. The van der Waals surface area contributed by atoms with Crippen LogP contribution in [0, 0.1) is 6.92 Å². The maximum Gasteiger partial charge on any atom is 0.318 e. The van der Waals surface area contributed by atoms with Crippen LogP contribution in [0.2, 0.25) is 0 Å². The minimum atomic E-state index is -0.241. The lowest BCUT2D eigenvalue weighted by molar-refractivity contribution is 0.172. The van der Waals surface area contributed by atoms with Gasteiger partial charge in [0.15, 0.2) is 5.82 Å². The van der Waals surface area contributed by atoms with Gasteiger partial charge < -0.3 is 14.7 Å². The average Bonchev–Trinajstić information content (AvgIpc) is 2.81. The van der Waals surface area contributed by atoms with E-state index in [1.54, 1.807) is 11.8 Å². The van der Waals surface area contributed by atoms with Gasteiger partial charge in [0.1, 0.15) is 6.04 Å². The van der Waals surface area contributed by atoms with Crippen molar-refractivity contribution in [2.75, 3.05) is 6.54 Å². The predicted octanol–water partition coefficient (Wildman–Crippen LogP) is 2.02. The first-order chi connectivity index (χ1) is 8.37. The topological polar surface area (TPSA) is 71.3 Å². The zero-order chi connectivity index (χ0) is 13.3. The van der Waals surface area contributed by atoms with Crippen molar-refractivity contribution < 1.29 is 9.32 Å². The lowest BCUT2D eigenvalue weighted by Crippen LogP contribution is -2.48. The Labute approximate surface area is 107 Å². The van der Waals surface area contributed by atoms with Gasteiger partial charge in [-0.15, -0.1) is 0 Å². The second-order valence-electron chi connectivity index (χ2n) is 5.71. The Kier molecular flexibility index (Phi) is 3.28. The van der Waals surface area contributed by atoms with E-state index in [-0.39, 0.29) is 17.6 Å². The van der Waals surface area contributed by atoms with Crippen molar-refractivity contribution in [1.82, 2.24) is 20.4 Å². The summed E-state index contributed by atoms with van der Waals surface area (Å²) >= 11 is 0. The van der Waals surface area contributed by atoms with Crippen molar-refractivity contribution in [3.63, 3.8) is 0 Å². The van der Waals surface area contributed by atoms with Gasteiger partial charge in [-0.1, -0.05) is 5.16 Å². The molecule has 0 spiro atoms. The van der Waals surface area contributed by atoms with Crippen LogP contribution < -0.4 is 5.32 Å². The van der Waals surface area contributed by atoms with E-state index in [2.05, 4.69) is 15.5 Å². The molecule has 1 N–H and O–H groups in total. The van der Waals surface area contributed by atoms with E-state index >= 15 is 0 Å².